The largest absolute Gasteiger partial charge is 0.326 e. The van der Waals surface area contributed by atoms with Gasteiger partial charge in [-0.3, -0.25) is 0 Å². The fourth-order valence-electron chi connectivity index (χ4n) is 2.68. The van der Waals surface area contributed by atoms with E-state index >= 15 is 0 Å². The summed E-state index contributed by atoms with van der Waals surface area (Å²) in [5, 5.41) is 0. The second kappa shape index (κ2) is 6.87. The summed E-state index contributed by atoms with van der Waals surface area (Å²) in [4.78, 5) is 1.27. The first-order valence-electron chi connectivity index (χ1n) is 7.00. The van der Waals surface area contributed by atoms with Crippen molar-refractivity contribution in [1.82, 2.24) is 4.31 Å². The molecule has 0 radical (unpaired) electrons. The lowest BCUT2D eigenvalue weighted by atomic mass is 10.1. The van der Waals surface area contributed by atoms with Gasteiger partial charge in [0, 0.05) is 24.0 Å². The van der Waals surface area contributed by atoms with Crippen molar-refractivity contribution >= 4 is 37.3 Å². The van der Waals surface area contributed by atoms with E-state index in [2.05, 4.69) is 22.9 Å². The van der Waals surface area contributed by atoms with Crippen molar-refractivity contribution in [2.45, 2.75) is 56.5 Å². The smallest absolute Gasteiger partial charge is 0.245 e. The van der Waals surface area contributed by atoms with Crippen LogP contribution in [0.25, 0.3) is 0 Å². The zero-order valence-corrected chi connectivity index (χ0v) is 14.9. The Balaban J connectivity index is 2.38. The highest BCUT2D eigenvalue weighted by atomic mass is 79.9. The van der Waals surface area contributed by atoms with E-state index < -0.39 is 10.0 Å². The van der Waals surface area contributed by atoms with Crippen LogP contribution in [0.4, 0.5) is 0 Å². The van der Waals surface area contributed by atoms with Gasteiger partial charge in [0.15, 0.2) is 0 Å². The van der Waals surface area contributed by atoms with Crippen LogP contribution in [0, 0.1) is 0 Å². The van der Waals surface area contributed by atoms with E-state index in [1.54, 1.807) is 10.4 Å². The predicted molar refractivity (Wildman–Crippen MR) is 86.3 cm³/mol. The third-order valence-electron chi connectivity index (χ3n) is 3.79. The van der Waals surface area contributed by atoms with Gasteiger partial charge in [0.2, 0.25) is 10.0 Å². The summed E-state index contributed by atoms with van der Waals surface area (Å²) in [5.74, 6) is 0. The van der Waals surface area contributed by atoms with Gasteiger partial charge in [-0.25, -0.2) is 8.42 Å². The average molecular weight is 381 g/mol. The second-order valence-electron chi connectivity index (χ2n) is 5.08. The van der Waals surface area contributed by atoms with Crippen LogP contribution in [0.2, 0.25) is 0 Å². The Labute approximate surface area is 133 Å². The van der Waals surface area contributed by atoms with Crippen molar-refractivity contribution in [3.8, 4) is 0 Å². The van der Waals surface area contributed by atoms with Crippen LogP contribution >= 0.6 is 27.3 Å². The van der Waals surface area contributed by atoms with Crippen LogP contribution < -0.4 is 5.73 Å². The van der Waals surface area contributed by atoms with E-state index in [0.29, 0.717) is 21.8 Å². The summed E-state index contributed by atoms with van der Waals surface area (Å²) in [6.07, 6.45) is 5.00. The van der Waals surface area contributed by atoms with Gasteiger partial charge in [0.1, 0.15) is 4.90 Å². The van der Waals surface area contributed by atoms with E-state index in [1.807, 2.05) is 0 Å². The molecule has 0 amide bonds. The summed E-state index contributed by atoms with van der Waals surface area (Å²) < 4.78 is 28.2. The molecule has 1 unspecified atom stereocenters. The van der Waals surface area contributed by atoms with E-state index in [-0.39, 0.29) is 6.04 Å². The molecule has 0 aromatic carbocycles. The van der Waals surface area contributed by atoms with Crippen molar-refractivity contribution in [3.63, 3.8) is 0 Å². The maximum Gasteiger partial charge on any atom is 0.245 e. The first-order chi connectivity index (χ1) is 9.50. The Hall–Kier alpha value is 0.0500. The maximum absolute atomic E-state index is 12.9. The molecule has 7 heteroatoms. The minimum absolute atomic E-state index is 0.121. The molecule has 1 atom stereocenters. The lowest BCUT2D eigenvalue weighted by Gasteiger charge is -2.28. The Kier molecular flexibility index (Phi) is 5.64. The average Bonchev–Trinajstić information content (AvgIpc) is 2.66. The molecular weight excluding hydrogens is 360 g/mol. The lowest BCUT2D eigenvalue weighted by molar-refractivity contribution is 0.315. The van der Waals surface area contributed by atoms with Gasteiger partial charge in [-0.15, -0.1) is 11.3 Å². The first kappa shape index (κ1) is 16.4. The predicted octanol–water partition coefficient (Wildman–Crippen LogP) is 3.31. The Morgan fingerprint density at radius 3 is 2.80 bits per heavy atom. The van der Waals surface area contributed by atoms with Gasteiger partial charge in [-0.05, 0) is 41.3 Å². The molecule has 20 heavy (non-hydrogen) atoms. The van der Waals surface area contributed by atoms with Crippen LogP contribution in [0.3, 0.4) is 0 Å². The van der Waals surface area contributed by atoms with Crippen molar-refractivity contribution in [3.05, 3.63) is 14.7 Å². The molecular formula is C13H21BrN2O2S2. The highest BCUT2D eigenvalue weighted by Gasteiger charge is 2.33. The number of thiophene rings is 1. The number of nitrogens with two attached hydrogens (primary N) is 1. The van der Waals surface area contributed by atoms with E-state index in [9.17, 15) is 8.42 Å². The van der Waals surface area contributed by atoms with Gasteiger partial charge in [0.05, 0.1) is 3.79 Å². The summed E-state index contributed by atoms with van der Waals surface area (Å²) in [5.41, 5.74) is 5.61. The van der Waals surface area contributed by atoms with Crippen molar-refractivity contribution in [2.75, 3.05) is 6.54 Å². The molecule has 1 aliphatic rings. The fourth-order valence-corrected chi connectivity index (χ4v) is 6.96. The quantitative estimate of drug-likeness (QED) is 0.870. The van der Waals surface area contributed by atoms with Gasteiger partial charge in [-0.1, -0.05) is 19.8 Å². The number of hydrogen-bond donors (Lipinski definition) is 1. The fraction of sp³-hybridized carbons (Fsp3) is 0.692. The van der Waals surface area contributed by atoms with E-state index in [4.69, 9.17) is 5.73 Å². The SMILES string of the molecule is CCC1CCCCCN1S(=O)(=O)c1cc(CN)sc1Br. The number of rotatable bonds is 4. The highest BCUT2D eigenvalue weighted by Crippen LogP contribution is 2.35. The summed E-state index contributed by atoms with van der Waals surface area (Å²) in [6, 6.07) is 1.83. The maximum atomic E-state index is 12.9. The molecule has 1 aliphatic heterocycles. The number of halogens is 1. The molecule has 0 bridgehead atoms. The van der Waals surface area contributed by atoms with Gasteiger partial charge < -0.3 is 5.73 Å². The van der Waals surface area contributed by atoms with Gasteiger partial charge in [-0.2, -0.15) is 4.31 Å². The molecule has 2 rings (SSSR count). The number of hydrogen-bond acceptors (Lipinski definition) is 4. The van der Waals surface area contributed by atoms with Gasteiger partial charge >= 0.3 is 0 Å². The Morgan fingerprint density at radius 1 is 1.45 bits per heavy atom. The second-order valence-corrected chi connectivity index (χ2v) is 9.40. The molecule has 1 saturated heterocycles. The van der Waals surface area contributed by atoms with Crippen molar-refractivity contribution in [2.24, 2.45) is 5.73 Å². The standard InChI is InChI=1S/C13H21BrN2O2S2/c1-2-10-6-4-3-5-7-16(10)20(17,18)12-8-11(9-15)19-13(12)14/h8,10H,2-7,9,15H2,1H3. The van der Waals surface area contributed by atoms with Crippen LogP contribution in [0.15, 0.2) is 14.7 Å². The lowest BCUT2D eigenvalue weighted by Crippen LogP contribution is -2.39. The molecule has 0 aliphatic carbocycles. The first-order valence-corrected chi connectivity index (χ1v) is 10.1. The van der Waals surface area contributed by atoms with Crippen molar-refractivity contribution < 1.29 is 8.42 Å². The molecule has 2 N–H and O–H groups in total. The van der Waals surface area contributed by atoms with Crippen LogP contribution in [0.5, 0.6) is 0 Å². The molecule has 0 saturated carbocycles. The van der Waals surface area contributed by atoms with Crippen LogP contribution in [0.1, 0.15) is 43.9 Å². The summed E-state index contributed by atoms with van der Waals surface area (Å²) in [7, 11) is -3.43. The van der Waals surface area contributed by atoms with Crippen LogP contribution in [-0.2, 0) is 16.6 Å². The van der Waals surface area contributed by atoms with E-state index in [0.717, 1.165) is 37.0 Å². The molecule has 114 valence electrons. The molecule has 1 fully saturated rings. The van der Waals surface area contributed by atoms with Crippen LogP contribution in [-0.4, -0.2) is 25.3 Å². The minimum Gasteiger partial charge on any atom is -0.326 e. The molecule has 4 nitrogen and oxygen atoms in total. The molecule has 2 heterocycles. The number of sulfonamides is 1. The van der Waals surface area contributed by atoms with Gasteiger partial charge in [0.25, 0.3) is 0 Å². The molecule has 0 spiro atoms. The Morgan fingerprint density at radius 2 is 2.20 bits per heavy atom. The zero-order chi connectivity index (χ0) is 14.8. The van der Waals surface area contributed by atoms with Crippen molar-refractivity contribution in [1.29, 1.82) is 0 Å². The summed E-state index contributed by atoms with van der Waals surface area (Å²) >= 11 is 4.78. The highest BCUT2D eigenvalue weighted by molar-refractivity contribution is 9.11. The third kappa shape index (κ3) is 3.27. The topological polar surface area (TPSA) is 63.4 Å². The zero-order valence-electron chi connectivity index (χ0n) is 11.6. The Bertz CT molecular complexity index is 557. The monoisotopic (exact) mass is 380 g/mol. The molecule has 1 aromatic heterocycles. The third-order valence-corrected chi connectivity index (χ3v) is 8.01. The molecule has 1 aromatic rings. The minimum atomic E-state index is -3.43. The summed E-state index contributed by atoms with van der Waals surface area (Å²) in [6.45, 7) is 3.06. The number of nitrogens with zero attached hydrogens (tertiary/aromatic N) is 1. The normalized spacial score (nSPS) is 21.9. The van der Waals surface area contributed by atoms with E-state index in [1.165, 1.54) is 11.3 Å².